The van der Waals surface area contributed by atoms with Crippen molar-refractivity contribution in [3.63, 3.8) is 0 Å². The number of hydrogen-bond donors (Lipinski definition) is 1. The van der Waals surface area contributed by atoms with Crippen LogP contribution < -0.4 is 5.32 Å². The molecule has 3 aromatic rings. The van der Waals surface area contributed by atoms with Gasteiger partial charge in [0.25, 0.3) is 0 Å². The molecular weight excluding hydrogens is 332 g/mol. The second-order valence-corrected chi connectivity index (χ2v) is 6.38. The summed E-state index contributed by atoms with van der Waals surface area (Å²) in [6, 6.07) is 12.9. The molecule has 0 spiro atoms. The summed E-state index contributed by atoms with van der Waals surface area (Å²) in [4.78, 5) is 5.70. The third kappa shape index (κ3) is 2.64. The van der Waals surface area contributed by atoms with Gasteiger partial charge in [-0.1, -0.05) is 19.1 Å². The van der Waals surface area contributed by atoms with Crippen molar-refractivity contribution in [2.75, 3.05) is 6.54 Å². The highest BCUT2D eigenvalue weighted by Crippen LogP contribution is 2.34. The van der Waals surface area contributed by atoms with E-state index in [9.17, 15) is 0 Å². The first kappa shape index (κ1) is 13.7. The number of rotatable bonds is 4. The molecule has 0 aliphatic rings. The van der Waals surface area contributed by atoms with Crippen LogP contribution in [0.2, 0.25) is 0 Å². The summed E-state index contributed by atoms with van der Waals surface area (Å²) >= 11 is 5.41. The van der Waals surface area contributed by atoms with Gasteiger partial charge in [0.15, 0.2) is 0 Å². The number of hydrogen-bond acceptors (Lipinski definition) is 3. The number of nitrogens with one attached hydrogen (secondary N) is 1. The normalized spacial score (nSPS) is 12.7. The van der Waals surface area contributed by atoms with Crippen molar-refractivity contribution >= 4 is 38.2 Å². The topological polar surface area (TPSA) is 24.9 Å². The number of nitrogens with zero attached hydrogens (tertiary/aromatic N) is 1. The molecule has 0 bridgehead atoms. The van der Waals surface area contributed by atoms with Gasteiger partial charge >= 0.3 is 0 Å². The van der Waals surface area contributed by atoms with Crippen molar-refractivity contribution in [2.45, 2.75) is 13.0 Å². The first-order valence-corrected chi connectivity index (χ1v) is 8.28. The van der Waals surface area contributed by atoms with E-state index in [1.807, 2.05) is 12.3 Å². The third-order valence-electron chi connectivity index (χ3n) is 3.28. The van der Waals surface area contributed by atoms with E-state index in [2.05, 4.69) is 68.9 Å². The second kappa shape index (κ2) is 6.04. The maximum Gasteiger partial charge on any atom is 0.0702 e. The molecule has 2 nitrogen and oxygen atoms in total. The summed E-state index contributed by atoms with van der Waals surface area (Å²) in [5.41, 5.74) is 2.31. The van der Waals surface area contributed by atoms with Gasteiger partial charge in [-0.15, -0.1) is 11.3 Å². The third-order valence-corrected chi connectivity index (χ3v) is 5.21. The molecule has 3 rings (SSSR count). The Morgan fingerprint density at radius 2 is 2.20 bits per heavy atom. The van der Waals surface area contributed by atoms with E-state index in [4.69, 9.17) is 0 Å². The largest absolute Gasteiger partial charge is 0.306 e. The minimum absolute atomic E-state index is 0.221. The van der Waals surface area contributed by atoms with Gasteiger partial charge in [0.2, 0.25) is 0 Å². The Kier molecular flexibility index (Phi) is 4.15. The fourth-order valence-electron chi connectivity index (χ4n) is 2.35. The molecular formula is C16H15BrN2S. The highest BCUT2D eigenvalue weighted by atomic mass is 79.9. The van der Waals surface area contributed by atoms with Crippen LogP contribution in [0.15, 0.2) is 52.4 Å². The molecule has 0 saturated heterocycles. The van der Waals surface area contributed by atoms with Crippen LogP contribution in [0.3, 0.4) is 0 Å². The van der Waals surface area contributed by atoms with Gasteiger partial charge in [0, 0.05) is 20.9 Å². The highest BCUT2D eigenvalue weighted by molar-refractivity contribution is 9.10. The molecule has 0 fully saturated rings. The molecule has 1 N–H and O–H groups in total. The quantitative estimate of drug-likeness (QED) is 0.736. The van der Waals surface area contributed by atoms with Gasteiger partial charge in [0.05, 0.1) is 11.6 Å². The summed E-state index contributed by atoms with van der Waals surface area (Å²) in [5, 5.41) is 6.87. The average Bonchev–Trinajstić information content (AvgIpc) is 2.90. The van der Waals surface area contributed by atoms with Gasteiger partial charge < -0.3 is 5.32 Å². The van der Waals surface area contributed by atoms with E-state index in [-0.39, 0.29) is 6.04 Å². The van der Waals surface area contributed by atoms with E-state index in [0.717, 1.165) is 12.1 Å². The SMILES string of the molecule is CCNC(c1ccc2ncccc2c1)c1sccc1Br. The zero-order valence-electron chi connectivity index (χ0n) is 11.1. The zero-order valence-corrected chi connectivity index (χ0v) is 13.5. The molecule has 0 saturated carbocycles. The maximum atomic E-state index is 4.38. The van der Waals surface area contributed by atoms with Crippen LogP contribution in [-0.4, -0.2) is 11.5 Å². The van der Waals surface area contributed by atoms with E-state index in [1.54, 1.807) is 11.3 Å². The van der Waals surface area contributed by atoms with Gasteiger partial charge in [-0.2, -0.15) is 0 Å². The van der Waals surface area contributed by atoms with Crippen LogP contribution in [0.4, 0.5) is 0 Å². The molecule has 2 aromatic heterocycles. The van der Waals surface area contributed by atoms with Crippen LogP contribution in [0.5, 0.6) is 0 Å². The smallest absolute Gasteiger partial charge is 0.0702 e. The standard InChI is InChI=1S/C16H15BrN2S/c1-2-18-15(16-13(17)7-9-20-16)12-5-6-14-11(10-12)4-3-8-19-14/h3-10,15,18H,2H2,1H3. The number of benzene rings is 1. The molecule has 1 unspecified atom stereocenters. The van der Waals surface area contributed by atoms with Crippen LogP contribution in [0, 0.1) is 0 Å². The number of pyridine rings is 1. The molecule has 0 aliphatic heterocycles. The second-order valence-electron chi connectivity index (χ2n) is 4.58. The van der Waals surface area contributed by atoms with Gasteiger partial charge in [-0.25, -0.2) is 0 Å². The predicted octanol–water partition coefficient (Wildman–Crippen LogP) is 4.76. The van der Waals surface area contributed by atoms with E-state index in [0.29, 0.717) is 0 Å². The van der Waals surface area contributed by atoms with Crippen molar-refractivity contribution in [3.05, 3.63) is 62.9 Å². The fourth-order valence-corrected chi connectivity index (χ4v) is 4.05. The minimum Gasteiger partial charge on any atom is -0.306 e. The van der Waals surface area contributed by atoms with Crippen molar-refractivity contribution in [1.82, 2.24) is 10.3 Å². The molecule has 1 atom stereocenters. The van der Waals surface area contributed by atoms with Crippen molar-refractivity contribution < 1.29 is 0 Å². The Morgan fingerprint density at radius 3 is 2.95 bits per heavy atom. The van der Waals surface area contributed by atoms with E-state index >= 15 is 0 Å². The Labute approximate surface area is 131 Å². The predicted molar refractivity (Wildman–Crippen MR) is 89.3 cm³/mol. The molecule has 0 amide bonds. The van der Waals surface area contributed by atoms with Crippen LogP contribution >= 0.6 is 27.3 Å². The fraction of sp³-hybridized carbons (Fsp3) is 0.188. The van der Waals surface area contributed by atoms with Crippen molar-refractivity contribution in [2.24, 2.45) is 0 Å². The first-order valence-electron chi connectivity index (χ1n) is 6.60. The van der Waals surface area contributed by atoms with Crippen molar-refractivity contribution in [1.29, 1.82) is 0 Å². The Bertz CT molecular complexity index is 723. The summed E-state index contributed by atoms with van der Waals surface area (Å²) in [7, 11) is 0. The molecule has 2 heterocycles. The van der Waals surface area contributed by atoms with Gasteiger partial charge in [-0.05, 0) is 57.7 Å². The lowest BCUT2D eigenvalue weighted by molar-refractivity contribution is 0.638. The summed E-state index contributed by atoms with van der Waals surface area (Å²) in [5.74, 6) is 0. The maximum absolute atomic E-state index is 4.38. The summed E-state index contributed by atoms with van der Waals surface area (Å²) in [6.45, 7) is 3.07. The van der Waals surface area contributed by atoms with Crippen LogP contribution in [0.25, 0.3) is 10.9 Å². The molecule has 102 valence electrons. The van der Waals surface area contributed by atoms with E-state index < -0.39 is 0 Å². The van der Waals surface area contributed by atoms with Crippen LogP contribution in [0.1, 0.15) is 23.4 Å². The Hall–Kier alpha value is -1.23. The van der Waals surface area contributed by atoms with Crippen LogP contribution in [-0.2, 0) is 0 Å². The molecule has 4 heteroatoms. The number of aromatic nitrogens is 1. The number of fused-ring (bicyclic) bond motifs is 1. The lowest BCUT2D eigenvalue weighted by Crippen LogP contribution is -2.21. The summed E-state index contributed by atoms with van der Waals surface area (Å²) in [6.07, 6.45) is 1.83. The van der Waals surface area contributed by atoms with Gasteiger partial charge in [0.1, 0.15) is 0 Å². The zero-order chi connectivity index (χ0) is 13.9. The van der Waals surface area contributed by atoms with Crippen molar-refractivity contribution in [3.8, 4) is 0 Å². The monoisotopic (exact) mass is 346 g/mol. The summed E-state index contributed by atoms with van der Waals surface area (Å²) < 4.78 is 1.17. The van der Waals surface area contributed by atoms with E-state index in [1.165, 1.54) is 20.3 Å². The lowest BCUT2D eigenvalue weighted by atomic mass is 10.0. The number of thiophene rings is 1. The molecule has 1 aromatic carbocycles. The Morgan fingerprint density at radius 1 is 1.30 bits per heavy atom. The van der Waals surface area contributed by atoms with Gasteiger partial charge in [-0.3, -0.25) is 4.98 Å². The Balaban J connectivity index is 2.07. The molecule has 20 heavy (non-hydrogen) atoms. The number of halogens is 1. The molecule has 0 aliphatic carbocycles. The highest BCUT2D eigenvalue weighted by Gasteiger charge is 2.17. The minimum atomic E-state index is 0.221. The first-order chi connectivity index (χ1) is 9.79. The average molecular weight is 347 g/mol. The molecule has 0 radical (unpaired) electrons. The lowest BCUT2D eigenvalue weighted by Gasteiger charge is -2.18.